The van der Waals surface area contributed by atoms with Gasteiger partial charge in [0.05, 0.1) is 30.9 Å². The lowest BCUT2D eigenvalue weighted by Crippen LogP contribution is -2.03. The number of ether oxygens (including phenoxy) is 1. The standard InChI is InChI=1S/C12H14FN3O/c1-2-17-12-5-9(13)3-4-11(12)15-7-10-6-14-8-16-10/h3-6,8,15H,2,7H2,1H3,(H,14,16). The minimum atomic E-state index is -0.305. The van der Waals surface area contributed by atoms with Crippen molar-refractivity contribution in [1.29, 1.82) is 0 Å². The van der Waals surface area contributed by atoms with E-state index in [4.69, 9.17) is 4.74 Å². The Morgan fingerprint density at radius 3 is 3.06 bits per heavy atom. The summed E-state index contributed by atoms with van der Waals surface area (Å²) in [6.45, 7) is 2.96. The Bertz CT molecular complexity index is 471. The van der Waals surface area contributed by atoms with Gasteiger partial charge in [0.15, 0.2) is 0 Å². The van der Waals surface area contributed by atoms with Crippen LogP contribution >= 0.6 is 0 Å². The summed E-state index contributed by atoms with van der Waals surface area (Å²) >= 11 is 0. The van der Waals surface area contributed by atoms with Gasteiger partial charge in [0.1, 0.15) is 11.6 Å². The van der Waals surface area contributed by atoms with Crippen LogP contribution < -0.4 is 10.1 Å². The molecular weight excluding hydrogens is 221 g/mol. The fraction of sp³-hybridized carbons (Fsp3) is 0.250. The number of aromatic nitrogens is 2. The van der Waals surface area contributed by atoms with Crippen molar-refractivity contribution in [3.63, 3.8) is 0 Å². The van der Waals surface area contributed by atoms with Crippen molar-refractivity contribution >= 4 is 5.69 Å². The molecule has 0 saturated carbocycles. The van der Waals surface area contributed by atoms with Crippen LogP contribution in [0.15, 0.2) is 30.7 Å². The topological polar surface area (TPSA) is 49.9 Å². The molecule has 0 unspecified atom stereocenters. The number of hydrogen-bond acceptors (Lipinski definition) is 3. The maximum Gasteiger partial charge on any atom is 0.145 e. The number of nitrogens with zero attached hydrogens (tertiary/aromatic N) is 1. The van der Waals surface area contributed by atoms with Gasteiger partial charge in [-0.1, -0.05) is 0 Å². The fourth-order valence-electron chi connectivity index (χ4n) is 1.49. The summed E-state index contributed by atoms with van der Waals surface area (Å²) in [5, 5.41) is 3.16. The van der Waals surface area contributed by atoms with Gasteiger partial charge in [-0.15, -0.1) is 0 Å². The van der Waals surface area contributed by atoms with Crippen molar-refractivity contribution in [3.05, 3.63) is 42.2 Å². The SMILES string of the molecule is CCOc1cc(F)ccc1NCc1cnc[nH]1. The smallest absolute Gasteiger partial charge is 0.145 e. The Morgan fingerprint density at radius 2 is 2.35 bits per heavy atom. The van der Waals surface area contributed by atoms with Crippen LogP contribution in [0.4, 0.5) is 10.1 Å². The zero-order valence-electron chi connectivity index (χ0n) is 9.53. The van der Waals surface area contributed by atoms with E-state index in [1.807, 2.05) is 6.92 Å². The third-order valence-electron chi connectivity index (χ3n) is 2.27. The number of halogens is 1. The maximum atomic E-state index is 13.1. The number of anilines is 1. The summed E-state index contributed by atoms with van der Waals surface area (Å²) in [4.78, 5) is 6.90. The second kappa shape index (κ2) is 5.34. The highest BCUT2D eigenvalue weighted by molar-refractivity contribution is 5.56. The predicted octanol–water partition coefficient (Wildman–Crippen LogP) is 2.56. The highest BCUT2D eigenvalue weighted by Gasteiger charge is 2.05. The van der Waals surface area contributed by atoms with Gasteiger partial charge in [-0.05, 0) is 19.1 Å². The first kappa shape index (κ1) is 11.4. The molecule has 4 nitrogen and oxygen atoms in total. The highest BCUT2D eigenvalue weighted by atomic mass is 19.1. The molecule has 0 fully saturated rings. The minimum Gasteiger partial charge on any atom is -0.492 e. The summed E-state index contributed by atoms with van der Waals surface area (Å²) in [6.07, 6.45) is 3.35. The van der Waals surface area contributed by atoms with Gasteiger partial charge < -0.3 is 15.0 Å². The molecule has 0 bridgehead atoms. The monoisotopic (exact) mass is 235 g/mol. The Labute approximate surface area is 98.8 Å². The van der Waals surface area contributed by atoms with E-state index >= 15 is 0 Å². The van der Waals surface area contributed by atoms with Crippen LogP contribution in [-0.2, 0) is 6.54 Å². The van der Waals surface area contributed by atoms with Crippen LogP contribution in [0.5, 0.6) is 5.75 Å². The number of aromatic amines is 1. The maximum absolute atomic E-state index is 13.1. The van der Waals surface area contributed by atoms with Crippen molar-refractivity contribution in [2.45, 2.75) is 13.5 Å². The number of hydrogen-bond donors (Lipinski definition) is 2. The van der Waals surface area contributed by atoms with Crippen LogP contribution in [0.1, 0.15) is 12.6 Å². The molecule has 0 aliphatic rings. The Balaban J connectivity index is 2.08. The third kappa shape index (κ3) is 2.96. The Morgan fingerprint density at radius 1 is 1.47 bits per heavy atom. The number of rotatable bonds is 5. The lowest BCUT2D eigenvalue weighted by atomic mass is 10.2. The molecule has 90 valence electrons. The molecule has 0 radical (unpaired) electrons. The largest absolute Gasteiger partial charge is 0.492 e. The van der Waals surface area contributed by atoms with Crippen molar-refractivity contribution in [2.75, 3.05) is 11.9 Å². The first-order valence-corrected chi connectivity index (χ1v) is 5.43. The van der Waals surface area contributed by atoms with Gasteiger partial charge in [0.25, 0.3) is 0 Å². The van der Waals surface area contributed by atoms with Gasteiger partial charge in [-0.25, -0.2) is 9.37 Å². The van der Waals surface area contributed by atoms with Gasteiger partial charge in [0.2, 0.25) is 0 Å². The lowest BCUT2D eigenvalue weighted by Gasteiger charge is -2.11. The normalized spacial score (nSPS) is 10.2. The van der Waals surface area contributed by atoms with Crippen LogP contribution in [-0.4, -0.2) is 16.6 Å². The van der Waals surface area contributed by atoms with E-state index in [0.717, 1.165) is 11.4 Å². The molecular formula is C12H14FN3O. The zero-order chi connectivity index (χ0) is 12.1. The molecule has 2 N–H and O–H groups in total. The zero-order valence-corrected chi connectivity index (χ0v) is 9.53. The van der Waals surface area contributed by atoms with E-state index in [9.17, 15) is 4.39 Å². The summed E-state index contributed by atoms with van der Waals surface area (Å²) in [6, 6.07) is 4.44. The second-order valence-corrected chi connectivity index (χ2v) is 3.50. The van der Waals surface area contributed by atoms with Crippen LogP contribution in [0.25, 0.3) is 0 Å². The summed E-state index contributed by atoms with van der Waals surface area (Å²) in [5.41, 5.74) is 1.72. The third-order valence-corrected chi connectivity index (χ3v) is 2.27. The first-order valence-electron chi connectivity index (χ1n) is 5.43. The molecule has 2 aromatic rings. The molecule has 0 atom stereocenters. The quantitative estimate of drug-likeness (QED) is 0.837. The number of H-pyrrole nitrogens is 1. The molecule has 1 aromatic heterocycles. The van der Waals surface area contributed by atoms with E-state index in [1.54, 1.807) is 18.6 Å². The fourth-order valence-corrected chi connectivity index (χ4v) is 1.49. The van der Waals surface area contributed by atoms with E-state index in [-0.39, 0.29) is 5.82 Å². The summed E-state index contributed by atoms with van der Waals surface area (Å²) in [5.74, 6) is 0.215. The van der Waals surface area contributed by atoms with E-state index in [0.29, 0.717) is 18.9 Å². The molecule has 0 aliphatic heterocycles. The van der Waals surface area contributed by atoms with Crippen molar-refractivity contribution < 1.29 is 9.13 Å². The van der Waals surface area contributed by atoms with E-state index in [1.165, 1.54) is 12.1 Å². The number of benzene rings is 1. The predicted molar refractivity (Wildman–Crippen MR) is 63.5 cm³/mol. The van der Waals surface area contributed by atoms with Crippen LogP contribution in [0.3, 0.4) is 0 Å². The Hall–Kier alpha value is -2.04. The molecule has 0 amide bonds. The second-order valence-electron chi connectivity index (χ2n) is 3.50. The molecule has 1 aromatic carbocycles. The first-order chi connectivity index (χ1) is 8.29. The number of nitrogens with one attached hydrogen (secondary N) is 2. The molecule has 2 rings (SSSR count). The average molecular weight is 235 g/mol. The van der Waals surface area contributed by atoms with Crippen LogP contribution in [0.2, 0.25) is 0 Å². The van der Waals surface area contributed by atoms with E-state index in [2.05, 4.69) is 15.3 Å². The van der Waals surface area contributed by atoms with Crippen molar-refractivity contribution in [1.82, 2.24) is 9.97 Å². The molecule has 0 aliphatic carbocycles. The van der Waals surface area contributed by atoms with Gasteiger partial charge in [-0.3, -0.25) is 0 Å². The molecule has 5 heteroatoms. The molecule has 0 saturated heterocycles. The molecule has 1 heterocycles. The van der Waals surface area contributed by atoms with Gasteiger partial charge in [-0.2, -0.15) is 0 Å². The van der Waals surface area contributed by atoms with Crippen molar-refractivity contribution in [2.24, 2.45) is 0 Å². The van der Waals surface area contributed by atoms with E-state index < -0.39 is 0 Å². The minimum absolute atomic E-state index is 0.305. The molecule has 0 spiro atoms. The van der Waals surface area contributed by atoms with Gasteiger partial charge >= 0.3 is 0 Å². The molecule has 17 heavy (non-hydrogen) atoms. The highest BCUT2D eigenvalue weighted by Crippen LogP contribution is 2.25. The summed E-state index contributed by atoms with van der Waals surface area (Å²) < 4.78 is 18.4. The average Bonchev–Trinajstić information content (AvgIpc) is 2.81. The number of imidazole rings is 1. The van der Waals surface area contributed by atoms with Crippen molar-refractivity contribution in [3.8, 4) is 5.75 Å². The lowest BCUT2D eigenvalue weighted by molar-refractivity contribution is 0.339. The Kier molecular flexibility index (Phi) is 3.59. The van der Waals surface area contributed by atoms with Gasteiger partial charge in [0, 0.05) is 12.3 Å². The van der Waals surface area contributed by atoms with Crippen LogP contribution in [0, 0.1) is 5.82 Å². The summed E-state index contributed by atoms with van der Waals surface area (Å²) in [7, 11) is 0.